The van der Waals surface area contributed by atoms with Crippen LogP contribution in [0.5, 0.6) is 11.5 Å². The molecule has 0 fully saturated rings. The number of terminal acetylenes is 1. The summed E-state index contributed by atoms with van der Waals surface area (Å²) in [5, 5.41) is 21.4. The molecular formula is C22H18N2O12. The van der Waals surface area contributed by atoms with Crippen LogP contribution in [-0.2, 0) is 19.0 Å². The van der Waals surface area contributed by atoms with E-state index in [1.807, 2.05) is 0 Å². The number of esters is 1. The normalized spacial score (nSPS) is 10.3. The van der Waals surface area contributed by atoms with Crippen LogP contribution in [0.15, 0.2) is 48.5 Å². The van der Waals surface area contributed by atoms with E-state index in [2.05, 4.69) is 5.92 Å². The third-order valence-electron chi connectivity index (χ3n) is 4.29. The lowest BCUT2D eigenvalue weighted by molar-refractivity contribution is -0.385. The third kappa shape index (κ3) is 7.99. The van der Waals surface area contributed by atoms with Crippen molar-refractivity contribution in [2.45, 2.75) is 6.92 Å². The average Bonchev–Trinajstić information content (AvgIpc) is 2.85. The van der Waals surface area contributed by atoms with E-state index >= 15 is 0 Å². The maximum Gasteiger partial charge on any atom is 0.513 e. The highest BCUT2D eigenvalue weighted by Gasteiger charge is 2.39. The molecular weight excluding hydrogens is 484 g/mol. The highest BCUT2D eigenvalue weighted by atomic mass is 16.7. The van der Waals surface area contributed by atoms with Gasteiger partial charge in [0, 0.05) is 24.3 Å². The van der Waals surface area contributed by atoms with Gasteiger partial charge in [0.25, 0.3) is 11.4 Å². The van der Waals surface area contributed by atoms with Crippen molar-refractivity contribution in [1.29, 1.82) is 0 Å². The summed E-state index contributed by atoms with van der Waals surface area (Å²) in [7, 11) is 0. The molecule has 0 unspecified atom stereocenters. The van der Waals surface area contributed by atoms with Crippen molar-refractivity contribution in [3.05, 3.63) is 68.8 Å². The lowest BCUT2D eigenvalue weighted by Crippen LogP contribution is -2.41. The van der Waals surface area contributed by atoms with Gasteiger partial charge in [0.15, 0.2) is 6.61 Å². The Hall–Kier alpha value is -5.19. The summed E-state index contributed by atoms with van der Waals surface area (Å²) in [6.45, 7) is -0.501. The monoisotopic (exact) mass is 502 g/mol. The van der Waals surface area contributed by atoms with Crippen molar-refractivity contribution < 1.29 is 47.9 Å². The molecule has 2 rings (SSSR count). The fourth-order valence-electron chi connectivity index (χ4n) is 2.40. The molecule has 2 aromatic carbocycles. The SMILES string of the molecule is C#CCOC(=O)C(C)(COC(=O)Oc1ccc([N+](=O)[O-])cc1)COC(=O)Oc1ccc([N+](=O)[O-])cc1. The second-order valence-electron chi connectivity index (χ2n) is 7.12. The summed E-state index contributed by atoms with van der Waals surface area (Å²) in [5.74, 6) is 0.992. The zero-order chi connectivity index (χ0) is 26.7. The van der Waals surface area contributed by atoms with Crippen molar-refractivity contribution in [1.82, 2.24) is 0 Å². The Kier molecular flexibility index (Phi) is 9.26. The number of non-ortho nitro benzene ring substituents is 2. The molecule has 0 bridgehead atoms. The molecule has 0 aliphatic rings. The summed E-state index contributed by atoms with van der Waals surface area (Å²) in [6, 6.07) is 9.08. The van der Waals surface area contributed by atoms with Gasteiger partial charge in [-0.25, -0.2) is 9.59 Å². The summed E-state index contributed by atoms with van der Waals surface area (Å²) < 4.78 is 24.5. The predicted molar refractivity (Wildman–Crippen MR) is 118 cm³/mol. The van der Waals surface area contributed by atoms with Crippen LogP contribution < -0.4 is 9.47 Å². The van der Waals surface area contributed by atoms with Gasteiger partial charge in [0.2, 0.25) is 0 Å². The highest BCUT2D eigenvalue weighted by molar-refractivity contribution is 5.78. The van der Waals surface area contributed by atoms with E-state index in [0.717, 1.165) is 48.5 Å². The molecule has 0 spiro atoms. The molecule has 0 N–H and O–H groups in total. The van der Waals surface area contributed by atoms with E-state index in [0.29, 0.717) is 0 Å². The molecule has 0 aliphatic carbocycles. The molecule has 0 radical (unpaired) electrons. The van der Waals surface area contributed by atoms with Gasteiger partial charge in [0.1, 0.15) is 30.1 Å². The second-order valence-corrected chi connectivity index (χ2v) is 7.12. The first kappa shape index (κ1) is 27.1. The number of nitro groups is 2. The smallest absolute Gasteiger partial charge is 0.452 e. The molecule has 0 saturated carbocycles. The van der Waals surface area contributed by atoms with Gasteiger partial charge in [-0.15, -0.1) is 6.42 Å². The van der Waals surface area contributed by atoms with Gasteiger partial charge in [-0.1, -0.05) is 5.92 Å². The third-order valence-corrected chi connectivity index (χ3v) is 4.29. The number of nitrogens with zero attached hydrogens (tertiary/aromatic N) is 2. The van der Waals surface area contributed by atoms with Crippen LogP contribution in [0.2, 0.25) is 0 Å². The molecule has 14 nitrogen and oxygen atoms in total. The summed E-state index contributed by atoms with van der Waals surface area (Å²) in [4.78, 5) is 56.6. The molecule has 188 valence electrons. The standard InChI is InChI=1S/C22H18N2O12/c1-3-12-32-19(25)22(2,13-33-20(26)35-17-8-4-15(5-9-17)23(28)29)14-34-21(27)36-18-10-6-16(7-11-18)24(30)31/h1,4-11H,12-14H2,2H3. The number of benzene rings is 2. The Labute approximate surface area is 202 Å². The Morgan fingerprint density at radius 3 is 1.53 bits per heavy atom. The van der Waals surface area contributed by atoms with Crippen molar-refractivity contribution in [2.75, 3.05) is 19.8 Å². The number of hydrogen-bond donors (Lipinski definition) is 0. The summed E-state index contributed by atoms with van der Waals surface area (Å²) in [5.41, 5.74) is -2.19. The number of rotatable bonds is 10. The minimum Gasteiger partial charge on any atom is -0.452 e. The van der Waals surface area contributed by atoms with E-state index in [1.54, 1.807) is 0 Å². The zero-order valence-electron chi connectivity index (χ0n) is 18.6. The fraction of sp³-hybridized carbons (Fsp3) is 0.227. The van der Waals surface area contributed by atoms with Gasteiger partial charge >= 0.3 is 18.3 Å². The first-order valence-corrected chi connectivity index (χ1v) is 9.83. The lowest BCUT2D eigenvalue weighted by Gasteiger charge is -2.25. The van der Waals surface area contributed by atoms with E-state index in [4.69, 9.17) is 30.1 Å². The first-order chi connectivity index (χ1) is 17.0. The number of carbonyl (C=O) groups is 3. The van der Waals surface area contributed by atoms with Gasteiger partial charge < -0.3 is 23.7 Å². The van der Waals surface area contributed by atoms with Crippen molar-refractivity contribution in [3.63, 3.8) is 0 Å². The van der Waals surface area contributed by atoms with Crippen molar-refractivity contribution in [3.8, 4) is 23.8 Å². The molecule has 0 aromatic heterocycles. The Balaban J connectivity index is 1.98. The van der Waals surface area contributed by atoms with Gasteiger partial charge in [-0.05, 0) is 31.2 Å². The molecule has 0 aliphatic heterocycles. The number of hydrogen-bond acceptors (Lipinski definition) is 12. The van der Waals surface area contributed by atoms with Gasteiger partial charge in [-0.3, -0.25) is 25.0 Å². The fourth-order valence-corrected chi connectivity index (χ4v) is 2.40. The van der Waals surface area contributed by atoms with E-state index < -0.39 is 53.4 Å². The second kappa shape index (κ2) is 12.3. The largest absolute Gasteiger partial charge is 0.513 e. The maximum absolute atomic E-state index is 12.5. The Bertz CT molecular complexity index is 1090. The molecule has 0 amide bonds. The zero-order valence-corrected chi connectivity index (χ0v) is 18.6. The van der Waals surface area contributed by atoms with Gasteiger partial charge in [-0.2, -0.15) is 0 Å². The van der Waals surface area contributed by atoms with Crippen molar-refractivity contribution >= 4 is 29.7 Å². The highest BCUT2D eigenvalue weighted by Crippen LogP contribution is 2.23. The molecule has 0 saturated heterocycles. The molecule has 2 aromatic rings. The minimum atomic E-state index is -1.74. The summed E-state index contributed by atoms with van der Waals surface area (Å²) in [6.07, 6.45) is 2.56. The van der Waals surface area contributed by atoms with Crippen LogP contribution in [-0.4, -0.2) is 47.9 Å². The predicted octanol–water partition coefficient (Wildman–Crippen LogP) is 3.42. The average molecular weight is 502 g/mol. The summed E-state index contributed by atoms with van der Waals surface area (Å²) >= 11 is 0. The first-order valence-electron chi connectivity index (χ1n) is 9.83. The number of carbonyl (C=O) groups excluding carboxylic acids is 3. The van der Waals surface area contributed by atoms with Crippen LogP contribution in [0.3, 0.4) is 0 Å². The maximum atomic E-state index is 12.5. The van der Waals surface area contributed by atoms with Gasteiger partial charge in [0.05, 0.1) is 9.85 Å². The number of nitro benzene ring substituents is 2. The topological polar surface area (TPSA) is 184 Å². The van der Waals surface area contributed by atoms with Crippen LogP contribution in [0.25, 0.3) is 0 Å². The van der Waals surface area contributed by atoms with E-state index in [-0.39, 0.29) is 22.9 Å². The molecule has 0 atom stereocenters. The van der Waals surface area contributed by atoms with E-state index in [1.165, 1.54) is 6.92 Å². The van der Waals surface area contributed by atoms with Crippen molar-refractivity contribution in [2.24, 2.45) is 5.41 Å². The van der Waals surface area contributed by atoms with Crippen LogP contribution in [0.4, 0.5) is 21.0 Å². The van der Waals surface area contributed by atoms with Crippen LogP contribution in [0.1, 0.15) is 6.92 Å². The Morgan fingerprint density at radius 1 is 0.806 bits per heavy atom. The van der Waals surface area contributed by atoms with Crippen LogP contribution in [0, 0.1) is 38.0 Å². The Morgan fingerprint density at radius 2 is 1.19 bits per heavy atom. The molecule has 14 heteroatoms. The lowest BCUT2D eigenvalue weighted by atomic mass is 9.93. The molecule has 0 heterocycles. The number of ether oxygens (including phenoxy) is 5. The quantitative estimate of drug-likeness (QED) is 0.115. The molecule has 36 heavy (non-hydrogen) atoms. The van der Waals surface area contributed by atoms with Crippen LogP contribution >= 0.6 is 0 Å². The minimum absolute atomic E-state index is 0.0647. The van der Waals surface area contributed by atoms with E-state index in [9.17, 15) is 34.6 Å².